The zero-order valence-corrected chi connectivity index (χ0v) is 10.7. The molecule has 2 atom stereocenters. The number of ether oxygens (including phenoxy) is 2. The van der Waals surface area contributed by atoms with Crippen LogP contribution < -0.4 is 9.47 Å². The summed E-state index contributed by atoms with van der Waals surface area (Å²) >= 11 is 0. The van der Waals surface area contributed by atoms with Gasteiger partial charge in [-0.2, -0.15) is 0 Å². The Labute approximate surface area is 112 Å². The number of hydrogen-bond acceptors (Lipinski definition) is 3. The molecular weight excluding hydrogens is 240 g/mol. The number of para-hydroxylation sites is 1. The first-order chi connectivity index (χ1) is 9.31. The van der Waals surface area contributed by atoms with Crippen molar-refractivity contribution in [3.8, 4) is 11.5 Å². The SMILES string of the molecule is COc1cccc2c1OC[C@H](O)[C@H]2c1ccccc1. The van der Waals surface area contributed by atoms with Crippen molar-refractivity contribution in [3.63, 3.8) is 0 Å². The van der Waals surface area contributed by atoms with Gasteiger partial charge in [0.25, 0.3) is 0 Å². The van der Waals surface area contributed by atoms with Gasteiger partial charge in [-0.3, -0.25) is 0 Å². The van der Waals surface area contributed by atoms with Gasteiger partial charge in [0.2, 0.25) is 0 Å². The summed E-state index contributed by atoms with van der Waals surface area (Å²) in [5.41, 5.74) is 2.07. The third-order valence-corrected chi connectivity index (χ3v) is 3.51. The van der Waals surface area contributed by atoms with Crippen LogP contribution in [0.4, 0.5) is 0 Å². The Balaban J connectivity index is 2.12. The summed E-state index contributed by atoms with van der Waals surface area (Å²) in [5.74, 6) is 1.38. The fourth-order valence-electron chi connectivity index (χ4n) is 2.63. The summed E-state index contributed by atoms with van der Waals surface area (Å²) in [4.78, 5) is 0. The van der Waals surface area contributed by atoms with Gasteiger partial charge in [-0.05, 0) is 11.6 Å². The van der Waals surface area contributed by atoms with E-state index < -0.39 is 6.10 Å². The first-order valence-electron chi connectivity index (χ1n) is 6.34. The van der Waals surface area contributed by atoms with Crippen molar-refractivity contribution in [2.24, 2.45) is 0 Å². The molecule has 0 aliphatic carbocycles. The van der Waals surface area contributed by atoms with Crippen LogP contribution in [0.25, 0.3) is 0 Å². The van der Waals surface area contributed by atoms with Gasteiger partial charge in [-0.25, -0.2) is 0 Å². The normalized spacial score (nSPS) is 21.4. The maximum atomic E-state index is 10.3. The average molecular weight is 256 g/mol. The molecule has 0 amide bonds. The van der Waals surface area contributed by atoms with Crippen molar-refractivity contribution >= 4 is 0 Å². The first kappa shape index (κ1) is 12.1. The van der Waals surface area contributed by atoms with Crippen LogP contribution in [0.1, 0.15) is 17.0 Å². The van der Waals surface area contributed by atoms with E-state index in [2.05, 4.69) is 0 Å². The minimum absolute atomic E-state index is 0.0694. The molecule has 0 radical (unpaired) electrons. The maximum absolute atomic E-state index is 10.3. The Kier molecular flexibility index (Phi) is 3.13. The van der Waals surface area contributed by atoms with Gasteiger partial charge in [-0.15, -0.1) is 0 Å². The molecule has 0 bridgehead atoms. The van der Waals surface area contributed by atoms with Crippen LogP contribution in [0, 0.1) is 0 Å². The molecule has 0 fully saturated rings. The van der Waals surface area contributed by atoms with E-state index in [1.807, 2.05) is 48.5 Å². The lowest BCUT2D eigenvalue weighted by atomic mass is 9.84. The molecule has 2 aromatic carbocycles. The van der Waals surface area contributed by atoms with E-state index in [-0.39, 0.29) is 12.5 Å². The van der Waals surface area contributed by atoms with Crippen molar-refractivity contribution in [2.75, 3.05) is 13.7 Å². The lowest BCUT2D eigenvalue weighted by Crippen LogP contribution is -2.31. The molecule has 98 valence electrons. The first-order valence-corrected chi connectivity index (χ1v) is 6.34. The Hall–Kier alpha value is -2.00. The van der Waals surface area contributed by atoms with Gasteiger partial charge >= 0.3 is 0 Å². The quantitative estimate of drug-likeness (QED) is 0.897. The molecule has 0 unspecified atom stereocenters. The van der Waals surface area contributed by atoms with E-state index in [1.165, 1.54) is 0 Å². The topological polar surface area (TPSA) is 38.7 Å². The molecule has 0 saturated carbocycles. The Morgan fingerprint density at radius 3 is 2.63 bits per heavy atom. The molecule has 1 N–H and O–H groups in total. The van der Waals surface area contributed by atoms with Crippen LogP contribution in [0.3, 0.4) is 0 Å². The largest absolute Gasteiger partial charge is 0.493 e. The van der Waals surface area contributed by atoms with Crippen molar-refractivity contribution in [1.29, 1.82) is 0 Å². The predicted molar refractivity (Wildman–Crippen MR) is 72.8 cm³/mol. The van der Waals surface area contributed by atoms with Crippen molar-refractivity contribution in [3.05, 3.63) is 59.7 Å². The van der Waals surface area contributed by atoms with Gasteiger partial charge in [0.15, 0.2) is 11.5 Å². The lowest BCUT2D eigenvalue weighted by molar-refractivity contribution is 0.0751. The van der Waals surface area contributed by atoms with Crippen LogP contribution in [0.2, 0.25) is 0 Å². The summed E-state index contributed by atoms with van der Waals surface area (Å²) in [5, 5.41) is 10.3. The zero-order valence-electron chi connectivity index (χ0n) is 10.7. The van der Waals surface area contributed by atoms with E-state index in [0.717, 1.165) is 16.9 Å². The van der Waals surface area contributed by atoms with Gasteiger partial charge in [-0.1, -0.05) is 42.5 Å². The third-order valence-electron chi connectivity index (χ3n) is 3.51. The second-order valence-electron chi connectivity index (χ2n) is 4.65. The molecule has 19 heavy (non-hydrogen) atoms. The highest BCUT2D eigenvalue weighted by Crippen LogP contribution is 2.43. The number of aliphatic hydroxyl groups is 1. The highest BCUT2D eigenvalue weighted by molar-refractivity contribution is 5.52. The molecule has 0 spiro atoms. The molecule has 3 rings (SSSR count). The highest BCUT2D eigenvalue weighted by Gasteiger charge is 2.32. The van der Waals surface area contributed by atoms with Gasteiger partial charge < -0.3 is 14.6 Å². The fourth-order valence-corrected chi connectivity index (χ4v) is 2.63. The van der Waals surface area contributed by atoms with Gasteiger partial charge in [0.1, 0.15) is 6.61 Å². The van der Waals surface area contributed by atoms with Crippen molar-refractivity contribution < 1.29 is 14.6 Å². The molecular formula is C16H16O3. The molecule has 3 nitrogen and oxygen atoms in total. The van der Waals surface area contributed by atoms with E-state index in [1.54, 1.807) is 7.11 Å². The van der Waals surface area contributed by atoms with Crippen LogP contribution in [0.15, 0.2) is 48.5 Å². The Morgan fingerprint density at radius 2 is 1.89 bits per heavy atom. The second-order valence-corrected chi connectivity index (χ2v) is 4.65. The average Bonchev–Trinajstić information content (AvgIpc) is 2.47. The van der Waals surface area contributed by atoms with Crippen molar-refractivity contribution in [2.45, 2.75) is 12.0 Å². The number of aliphatic hydroxyl groups excluding tert-OH is 1. The number of methoxy groups -OCH3 is 1. The number of benzene rings is 2. The minimum atomic E-state index is -0.540. The van der Waals surface area contributed by atoms with Gasteiger partial charge in [0.05, 0.1) is 13.2 Å². The number of hydrogen-bond donors (Lipinski definition) is 1. The molecule has 3 heteroatoms. The summed E-state index contributed by atoms with van der Waals surface area (Å²) in [7, 11) is 1.63. The molecule has 0 saturated heterocycles. The van der Waals surface area contributed by atoms with Gasteiger partial charge in [0, 0.05) is 11.5 Å². The number of rotatable bonds is 2. The van der Waals surface area contributed by atoms with E-state index in [9.17, 15) is 5.11 Å². The Bertz CT molecular complexity index is 565. The fraction of sp³-hybridized carbons (Fsp3) is 0.250. The van der Waals surface area contributed by atoms with Crippen LogP contribution in [0.5, 0.6) is 11.5 Å². The molecule has 2 aromatic rings. The lowest BCUT2D eigenvalue weighted by Gasteiger charge is -2.31. The zero-order chi connectivity index (χ0) is 13.2. The van der Waals surface area contributed by atoms with Crippen LogP contribution >= 0.6 is 0 Å². The monoisotopic (exact) mass is 256 g/mol. The second kappa shape index (κ2) is 4.94. The number of fused-ring (bicyclic) bond motifs is 1. The summed E-state index contributed by atoms with van der Waals surface area (Å²) in [6.07, 6.45) is -0.540. The Morgan fingerprint density at radius 1 is 1.11 bits per heavy atom. The highest BCUT2D eigenvalue weighted by atomic mass is 16.5. The molecule has 1 aliphatic rings. The maximum Gasteiger partial charge on any atom is 0.165 e. The van der Waals surface area contributed by atoms with Crippen LogP contribution in [-0.4, -0.2) is 24.9 Å². The predicted octanol–water partition coefficient (Wildman–Crippen LogP) is 2.58. The molecule has 0 aromatic heterocycles. The van der Waals surface area contributed by atoms with Crippen molar-refractivity contribution in [1.82, 2.24) is 0 Å². The summed E-state index contributed by atoms with van der Waals surface area (Å²) in [6, 6.07) is 15.8. The summed E-state index contributed by atoms with van der Waals surface area (Å²) < 4.78 is 11.0. The van der Waals surface area contributed by atoms with Crippen LogP contribution in [-0.2, 0) is 0 Å². The molecule has 1 heterocycles. The van der Waals surface area contributed by atoms with E-state index >= 15 is 0 Å². The molecule has 1 aliphatic heterocycles. The summed E-state index contributed by atoms with van der Waals surface area (Å²) in [6.45, 7) is 0.285. The minimum Gasteiger partial charge on any atom is -0.493 e. The third kappa shape index (κ3) is 2.06. The van der Waals surface area contributed by atoms with E-state index in [4.69, 9.17) is 9.47 Å². The van der Waals surface area contributed by atoms with E-state index in [0.29, 0.717) is 5.75 Å². The smallest absolute Gasteiger partial charge is 0.165 e. The standard InChI is InChI=1S/C16H16O3/c1-18-14-9-5-8-12-15(11-6-3-2-4-7-11)13(17)10-19-16(12)14/h2-9,13,15,17H,10H2,1H3/t13-,15-/m0/s1.